The molecule has 6 nitrogen and oxygen atoms in total. The minimum Gasteiger partial charge on any atom is -0.495 e. The van der Waals surface area contributed by atoms with E-state index in [0.717, 1.165) is 18.7 Å². The number of hydrogen-bond acceptors (Lipinski definition) is 5. The lowest BCUT2D eigenvalue weighted by Gasteiger charge is -2.23. The lowest BCUT2D eigenvalue weighted by atomic mass is 9.96. The van der Waals surface area contributed by atoms with Crippen LogP contribution in [0, 0.1) is 0 Å². The zero-order chi connectivity index (χ0) is 20.9. The van der Waals surface area contributed by atoms with Gasteiger partial charge in [0.05, 0.1) is 12.1 Å². The van der Waals surface area contributed by atoms with Gasteiger partial charge in [-0.25, -0.2) is 0 Å². The highest BCUT2D eigenvalue weighted by Crippen LogP contribution is 2.48. The van der Waals surface area contributed by atoms with E-state index < -0.39 is 10.4 Å². The molecule has 0 radical (unpaired) electrons. The molecule has 0 unspecified atom stereocenters. The Morgan fingerprint density at radius 3 is 2.39 bits per heavy atom. The van der Waals surface area contributed by atoms with Gasteiger partial charge in [-0.05, 0) is 55.4 Å². The molecule has 0 bridgehead atoms. The lowest BCUT2D eigenvalue weighted by Crippen LogP contribution is -2.12. The van der Waals surface area contributed by atoms with Gasteiger partial charge in [0.2, 0.25) is 0 Å². The van der Waals surface area contributed by atoms with Crippen molar-refractivity contribution in [2.24, 2.45) is 0 Å². The Kier molecular flexibility index (Phi) is 7.94. The minimum atomic E-state index is -4.67. The van der Waals surface area contributed by atoms with Gasteiger partial charge in [0, 0.05) is 16.3 Å². The zero-order valence-electron chi connectivity index (χ0n) is 15.7. The highest BCUT2D eigenvalue weighted by molar-refractivity contribution is 7.99. The summed E-state index contributed by atoms with van der Waals surface area (Å²) in [5.74, 6) is 0.727. The molecule has 0 saturated heterocycles. The van der Waals surface area contributed by atoms with Crippen LogP contribution in [0.15, 0.2) is 52.3 Å². The van der Waals surface area contributed by atoms with Gasteiger partial charge in [0.1, 0.15) is 5.75 Å². The number of methoxy groups -OCH3 is 1. The zero-order valence-corrected chi connectivity index (χ0v) is 18.1. The predicted molar refractivity (Wildman–Crippen MR) is 113 cm³/mol. The van der Waals surface area contributed by atoms with Crippen LogP contribution in [0.25, 0.3) is 5.57 Å². The first-order valence-electron chi connectivity index (χ1n) is 8.30. The van der Waals surface area contributed by atoms with Crippen LogP contribution < -0.4 is 4.74 Å². The van der Waals surface area contributed by atoms with E-state index >= 15 is 0 Å². The lowest BCUT2D eigenvalue weighted by molar-refractivity contribution is 0.381. The summed E-state index contributed by atoms with van der Waals surface area (Å²) in [5.41, 5.74) is 3.74. The van der Waals surface area contributed by atoms with Gasteiger partial charge in [-0.15, -0.1) is 0 Å². The Balaban J connectivity index is 0.000000500. The molecular formula is C19H22ClNO5S2. The molecule has 28 heavy (non-hydrogen) atoms. The average molecular weight is 444 g/mol. The molecule has 0 aliphatic carbocycles. The third-order valence-corrected chi connectivity index (χ3v) is 5.30. The molecule has 0 amide bonds. The van der Waals surface area contributed by atoms with Crippen LogP contribution in [0.5, 0.6) is 5.75 Å². The maximum absolute atomic E-state index is 8.74. The van der Waals surface area contributed by atoms with Crippen LogP contribution in [0.3, 0.4) is 0 Å². The van der Waals surface area contributed by atoms with Gasteiger partial charge in [0.15, 0.2) is 0 Å². The van der Waals surface area contributed by atoms with Crippen molar-refractivity contribution in [1.82, 2.24) is 4.90 Å². The van der Waals surface area contributed by atoms with Crippen LogP contribution in [0.2, 0.25) is 5.02 Å². The van der Waals surface area contributed by atoms with Gasteiger partial charge in [0.25, 0.3) is 0 Å². The first-order valence-corrected chi connectivity index (χ1v) is 10.9. The molecule has 1 aliphatic rings. The van der Waals surface area contributed by atoms with Crippen molar-refractivity contribution in [2.45, 2.75) is 16.2 Å². The van der Waals surface area contributed by atoms with Crippen molar-refractivity contribution in [3.8, 4) is 5.75 Å². The molecule has 3 rings (SSSR count). The first-order chi connectivity index (χ1) is 13.1. The van der Waals surface area contributed by atoms with Crippen molar-refractivity contribution in [3.05, 3.63) is 58.6 Å². The summed E-state index contributed by atoms with van der Waals surface area (Å²) in [7, 11) is 1.18. The summed E-state index contributed by atoms with van der Waals surface area (Å²) in [6.07, 6.45) is 3.32. The summed E-state index contributed by atoms with van der Waals surface area (Å²) >= 11 is 8.14. The minimum absolute atomic E-state index is 0.657. The van der Waals surface area contributed by atoms with Crippen LogP contribution in [0.1, 0.15) is 17.5 Å². The molecule has 0 atom stereocenters. The van der Waals surface area contributed by atoms with E-state index in [4.69, 9.17) is 33.9 Å². The number of fused-ring (bicyclic) bond motifs is 2. The van der Waals surface area contributed by atoms with E-state index in [1.807, 2.05) is 12.1 Å². The van der Waals surface area contributed by atoms with Crippen molar-refractivity contribution in [1.29, 1.82) is 0 Å². The molecule has 1 heterocycles. The average Bonchev–Trinajstić information content (AvgIpc) is 2.59. The van der Waals surface area contributed by atoms with E-state index in [0.29, 0.717) is 5.02 Å². The molecule has 0 aromatic heterocycles. The van der Waals surface area contributed by atoms with Gasteiger partial charge in [-0.1, -0.05) is 47.6 Å². The molecular weight excluding hydrogens is 422 g/mol. The first kappa shape index (κ1) is 22.7. The fourth-order valence-corrected chi connectivity index (χ4v) is 4.07. The van der Waals surface area contributed by atoms with Crippen LogP contribution in [-0.4, -0.2) is 50.2 Å². The standard InChI is InChI=1S/C19H20ClNOS.H2O4S/c1-21(2)10-6-8-13-14-7-4-5-9-18(14)23-19-12-17(22-3)16(20)11-15(13)19;1-5(2,3)4/h4-5,7-9,11-12H,6,10H2,1-3H3;(H2,1,2,3,4)/b13-8+;. The molecule has 0 spiro atoms. The Morgan fingerprint density at radius 1 is 1.14 bits per heavy atom. The normalized spacial score (nSPS) is 14.2. The summed E-state index contributed by atoms with van der Waals surface area (Å²) in [6.45, 7) is 1.03. The van der Waals surface area contributed by atoms with Gasteiger partial charge >= 0.3 is 10.4 Å². The second-order valence-corrected chi connectivity index (χ2v) is 8.63. The molecule has 1 aliphatic heterocycles. The van der Waals surface area contributed by atoms with E-state index in [1.54, 1.807) is 18.9 Å². The van der Waals surface area contributed by atoms with E-state index in [-0.39, 0.29) is 0 Å². The molecule has 2 aromatic rings. The quantitative estimate of drug-likeness (QED) is 0.572. The van der Waals surface area contributed by atoms with Gasteiger partial charge in [-0.2, -0.15) is 8.42 Å². The third-order valence-electron chi connectivity index (χ3n) is 3.87. The van der Waals surface area contributed by atoms with Crippen molar-refractivity contribution in [2.75, 3.05) is 27.7 Å². The second-order valence-electron chi connectivity index (χ2n) is 6.24. The molecule has 2 aromatic carbocycles. The number of benzene rings is 2. The maximum Gasteiger partial charge on any atom is 0.394 e. The Labute approximate surface area is 174 Å². The number of halogens is 1. The van der Waals surface area contributed by atoms with Crippen LogP contribution in [0.4, 0.5) is 0 Å². The van der Waals surface area contributed by atoms with Crippen LogP contribution in [-0.2, 0) is 10.4 Å². The predicted octanol–water partition coefficient (Wildman–Crippen LogP) is 4.54. The van der Waals surface area contributed by atoms with Crippen molar-refractivity contribution >= 4 is 39.3 Å². The largest absolute Gasteiger partial charge is 0.495 e. The number of rotatable bonds is 4. The van der Waals surface area contributed by atoms with E-state index in [9.17, 15) is 0 Å². The Hall–Kier alpha value is -1.55. The van der Waals surface area contributed by atoms with Crippen LogP contribution >= 0.6 is 23.4 Å². The third kappa shape index (κ3) is 6.51. The summed E-state index contributed by atoms with van der Waals surface area (Å²) in [6, 6.07) is 12.6. The van der Waals surface area contributed by atoms with Gasteiger partial charge < -0.3 is 9.64 Å². The molecule has 2 N–H and O–H groups in total. The number of nitrogens with zero attached hydrogens (tertiary/aromatic N) is 1. The maximum atomic E-state index is 8.74. The second kappa shape index (κ2) is 9.78. The highest BCUT2D eigenvalue weighted by atomic mass is 35.5. The summed E-state index contributed by atoms with van der Waals surface area (Å²) in [4.78, 5) is 4.67. The molecule has 0 fully saturated rings. The van der Waals surface area contributed by atoms with Crippen molar-refractivity contribution < 1.29 is 22.3 Å². The number of ether oxygens (including phenoxy) is 1. The topological polar surface area (TPSA) is 87.1 Å². The van der Waals surface area contributed by atoms with Gasteiger partial charge in [-0.3, -0.25) is 9.11 Å². The monoisotopic (exact) mass is 443 g/mol. The van der Waals surface area contributed by atoms with Crippen molar-refractivity contribution in [3.63, 3.8) is 0 Å². The SMILES string of the molecule is COc1cc2c(cc1Cl)/C(=C/CCN(C)C)c1ccccc1S2.O=S(=O)(O)O. The molecule has 152 valence electrons. The molecule has 9 heteroatoms. The number of hydrogen-bond donors (Lipinski definition) is 2. The fourth-order valence-electron chi connectivity index (χ4n) is 2.71. The Bertz CT molecular complexity index is 966. The van der Waals surface area contributed by atoms with E-state index in [2.05, 4.69) is 49.3 Å². The summed E-state index contributed by atoms with van der Waals surface area (Å²) in [5, 5.41) is 0.657. The summed E-state index contributed by atoms with van der Waals surface area (Å²) < 4.78 is 37.0. The van der Waals surface area contributed by atoms with E-state index in [1.165, 1.54) is 26.5 Å². The fraction of sp³-hybridized carbons (Fsp3) is 0.263. The smallest absolute Gasteiger partial charge is 0.394 e. The Morgan fingerprint density at radius 2 is 1.79 bits per heavy atom. The molecule has 0 saturated carbocycles. The highest BCUT2D eigenvalue weighted by Gasteiger charge is 2.22.